The molecule has 1 aliphatic rings. The summed E-state index contributed by atoms with van der Waals surface area (Å²) in [5, 5.41) is 9.29. The Morgan fingerprint density at radius 2 is 2.00 bits per heavy atom. The fourth-order valence-corrected chi connectivity index (χ4v) is 2.51. The van der Waals surface area contributed by atoms with Gasteiger partial charge >= 0.3 is 0 Å². The summed E-state index contributed by atoms with van der Waals surface area (Å²) in [6.07, 6.45) is 0.602. The number of phenolic OH excluding ortho intramolecular Hbond substituents is 1. The van der Waals surface area contributed by atoms with Crippen LogP contribution in [0.2, 0.25) is 0 Å². The molecular formula is C17H16O4. The predicted octanol–water partition coefficient (Wildman–Crippen LogP) is 2.83. The average Bonchev–Trinajstić information content (AvgIpc) is 2.52. The highest BCUT2D eigenvalue weighted by molar-refractivity contribution is 6.01. The van der Waals surface area contributed by atoms with E-state index in [1.807, 2.05) is 12.1 Å². The summed E-state index contributed by atoms with van der Waals surface area (Å²) in [4.78, 5) is 12.5. The van der Waals surface area contributed by atoms with E-state index in [-0.39, 0.29) is 17.5 Å². The maximum Gasteiger partial charge on any atom is 0.173 e. The molecule has 0 aliphatic carbocycles. The Hall–Kier alpha value is -2.49. The third-order valence-electron chi connectivity index (χ3n) is 3.68. The smallest absolute Gasteiger partial charge is 0.173 e. The Labute approximate surface area is 122 Å². The Morgan fingerprint density at radius 3 is 2.71 bits per heavy atom. The molecule has 1 aliphatic heterocycles. The molecule has 0 spiro atoms. The van der Waals surface area contributed by atoms with Gasteiger partial charge in [-0.25, -0.2) is 0 Å². The summed E-state index contributed by atoms with van der Waals surface area (Å²) >= 11 is 0. The van der Waals surface area contributed by atoms with E-state index in [2.05, 4.69) is 0 Å². The van der Waals surface area contributed by atoms with Gasteiger partial charge in [-0.1, -0.05) is 12.1 Å². The van der Waals surface area contributed by atoms with Crippen LogP contribution in [-0.2, 0) is 6.42 Å². The number of hydrogen-bond donors (Lipinski definition) is 1. The van der Waals surface area contributed by atoms with Gasteiger partial charge < -0.3 is 14.6 Å². The fraction of sp³-hybridized carbons (Fsp3) is 0.235. The van der Waals surface area contributed by atoms with Crippen molar-refractivity contribution < 1.29 is 19.4 Å². The van der Waals surface area contributed by atoms with E-state index >= 15 is 0 Å². The summed E-state index contributed by atoms with van der Waals surface area (Å²) in [6.45, 7) is 0.361. The van der Waals surface area contributed by atoms with Gasteiger partial charge in [0.2, 0.25) is 0 Å². The van der Waals surface area contributed by atoms with Crippen molar-refractivity contribution in [3.05, 3.63) is 53.6 Å². The lowest BCUT2D eigenvalue weighted by Gasteiger charge is -2.24. The lowest BCUT2D eigenvalue weighted by Crippen LogP contribution is -2.29. The van der Waals surface area contributed by atoms with Crippen molar-refractivity contribution in [2.24, 2.45) is 5.92 Å². The van der Waals surface area contributed by atoms with E-state index in [0.717, 1.165) is 5.56 Å². The van der Waals surface area contributed by atoms with Crippen LogP contribution in [0.1, 0.15) is 15.9 Å². The second-order valence-corrected chi connectivity index (χ2v) is 5.10. The van der Waals surface area contributed by atoms with Crippen molar-refractivity contribution in [3.8, 4) is 17.2 Å². The van der Waals surface area contributed by atoms with E-state index < -0.39 is 0 Å². The number of carbonyl (C=O) groups excluding carboxylic acids is 1. The zero-order valence-electron chi connectivity index (χ0n) is 11.7. The lowest BCUT2D eigenvalue weighted by atomic mass is 9.89. The number of benzene rings is 2. The third-order valence-corrected chi connectivity index (χ3v) is 3.68. The van der Waals surface area contributed by atoms with Crippen LogP contribution in [0.25, 0.3) is 0 Å². The third kappa shape index (κ3) is 2.70. The lowest BCUT2D eigenvalue weighted by molar-refractivity contribution is 0.0830. The average molecular weight is 284 g/mol. The first-order valence-electron chi connectivity index (χ1n) is 6.80. The van der Waals surface area contributed by atoms with Crippen LogP contribution in [-0.4, -0.2) is 24.6 Å². The quantitative estimate of drug-likeness (QED) is 0.941. The number of ketones is 1. The normalized spacial score (nSPS) is 17.0. The molecule has 0 saturated carbocycles. The van der Waals surface area contributed by atoms with Crippen LogP contribution in [0.4, 0.5) is 0 Å². The van der Waals surface area contributed by atoms with Gasteiger partial charge in [0.15, 0.2) is 5.78 Å². The number of methoxy groups -OCH3 is 1. The van der Waals surface area contributed by atoms with Crippen LogP contribution in [0.15, 0.2) is 42.5 Å². The number of Topliss-reactive ketones (excluding diaryl/α,β-unsaturated/α-hetero) is 1. The maximum absolute atomic E-state index is 12.5. The second kappa shape index (κ2) is 5.48. The van der Waals surface area contributed by atoms with Crippen molar-refractivity contribution in [2.45, 2.75) is 6.42 Å². The number of rotatable bonds is 3. The largest absolute Gasteiger partial charge is 0.508 e. The molecule has 1 atom stereocenters. The number of phenols is 1. The van der Waals surface area contributed by atoms with Crippen LogP contribution in [0.5, 0.6) is 17.2 Å². The Morgan fingerprint density at radius 1 is 1.24 bits per heavy atom. The molecule has 0 aromatic heterocycles. The molecule has 0 bridgehead atoms. The molecule has 0 saturated heterocycles. The molecule has 0 radical (unpaired) electrons. The molecule has 1 unspecified atom stereocenters. The summed E-state index contributed by atoms with van der Waals surface area (Å²) in [6, 6.07) is 12.2. The van der Waals surface area contributed by atoms with E-state index in [4.69, 9.17) is 9.47 Å². The molecule has 21 heavy (non-hydrogen) atoms. The van der Waals surface area contributed by atoms with Crippen LogP contribution in [0, 0.1) is 5.92 Å². The molecular weight excluding hydrogens is 268 g/mol. The van der Waals surface area contributed by atoms with Gasteiger partial charge in [-0.2, -0.15) is 0 Å². The van der Waals surface area contributed by atoms with Gasteiger partial charge in [-0.15, -0.1) is 0 Å². The molecule has 0 amide bonds. The summed E-state index contributed by atoms with van der Waals surface area (Å²) in [7, 11) is 1.58. The highest BCUT2D eigenvalue weighted by Crippen LogP contribution is 2.32. The minimum absolute atomic E-state index is 0.0898. The molecule has 2 aromatic carbocycles. The van der Waals surface area contributed by atoms with Crippen molar-refractivity contribution in [1.29, 1.82) is 0 Å². The minimum atomic E-state index is -0.199. The maximum atomic E-state index is 12.5. The number of ether oxygens (including phenoxy) is 2. The first kappa shape index (κ1) is 13.5. The highest BCUT2D eigenvalue weighted by Gasteiger charge is 2.29. The second-order valence-electron chi connectivity index (χ2n) is 5.10. The molecule has 3 rings (SSSR count). The number of fused-ring (bicyclic) bond motifs is 1. The molecule has 4 heteroatoms. The zero-order chi connectivity index (χ0) is 14.8. The Kier molecular flexibility index (Phi) is 3.52. The standard InChI is InChI=1S/C17H16O4/c1-20-14-6-7-15-16(9-14)21-10-12(17(15)19)8-11-2-4-13(18)5-3-11/h2-7,9,12,18H,8,10H2,1H3. The van der Waals surface area contributed by atoms with E-state index in [1.165, 1.54) is 0 Å². The number of hydrogen-bond acceptors (Lipinski definition) is 4. The first-order valence-corrected chi connectivity index (χ1v) is 6.80. The predicted molar refractivity (Wildman–Crippen MR) is 78.1 cm³/mol. The SMILES string of the molecule is COc1ccc2c(c1)OCC(Cc1ccc(O)cc1)C2=O. The van der Waals surface area contributed by atoms with Crippen molar-refractivity contribution in [3.63, 3.8) is 0 Å². The summed E-state index contributed by atoms with van der Waals surface area (Å²) < 4.78 is 10.8. The minimum Gasteiger partial charge on any atom is -0.508 e. The molecule has 1 heterocycles. The van der Waals surface area contributed by atoms with E-state index in [1.54, 1.807) is 37.4 Å². The Balaban J connectivity index is 1.80. The van der Waals surface area contributed by atoms with Gasteiger partial charge in [-0.05, 0) is 36.2 Å². The molecule has 4 nitrogen and oxygen atoms in total. The highest BCUT2D eigenvalue weighted by atomic mass is 16.5. The van der Waals surface area contributed by atoms with Crippen molar-refractivity contribution in [1.82, 2.24) is 0 Å². The molecule has 108 valence electrons. The van der Waals surface area contributed by atoms with Gasteiger partial charge in [0.05, 0.1) is 25.2 Å². The zero-order valence-corrected chi connectivity index (χ0v) is 11.7. The van der Waals surface area contributed by atoms with E-state index in [0.29, 0.717) is 30.1 Å². The molecule has 0 fully saturated rings. The van der Waals surface area contributed by atoms with Gasteiger partial charge in [0, 0.05) is 6.07 Å². The first-order chi connectivity index (χ1) is 10.2. The van der Waals surface area contributed by atoms with Gasteiger partial charge in [0.1, 0.15) is 17.2 Å². The van der Waals surface area contributed by atoms with Crippen molar-refractivity contribution >= 4 is 5.78 Å². The topological polar surface area (TPSA) is 55.8 Å². The van der Waals surface area contributed by atoms with Gasteiger partial charge in [-0.3, -0.25) is 4.79 Å². The number of carbonyl (C=O) groups is 1. The van der Waals surface area contributed by atoms with Crippen LogP contribution < -0.4 is 9.47 Å². The monoisotopic (exact) mass is 284 g/mol. The fourth-order valence-electron chi connectivity index (χ4n) is 2.51. The molecule has 1 N–H and O–H groups in total. The Bertz CT molecular complexity index is 661. The van der Waals surface area contributed by atoms with Crippen molar-refractivity contribution in [2.75, 3.05) is 13.7 Å². The van der Waals surface area contributed by atoms with Gasteiger partial charge in [0.25, 0.3) is 0 Å². The number of aromatic hydroxyl groups is 1. The molecule has 2 aromatic rings. The summed E-state index contributed by atoms with van der Waals surface area (Å²) in [5.74, 6) is 1.38. The summed E-state index contributed by atoms with van der Waals surface area (Å²) in [5.41, 5.74) is 1.61. The van der Waals surface area contributed by atoms with E-state index in [9.17, 15) is 9.90 Å². The van der Waals surface area contributed by atoms with Crippen LogP contribution in [0.3, 0.4) is 0 Å². The van der Waals surface area contributed by atoms with Crippen LogP contribution >= 0.6 is 0 Å².